The first kappa shape index (κ1) is 16.2. The minimum atomic E-state index is -0.146. The van der Waals surface area contributed by atoms with E-state index in [4.69, 9.17) is 0 Å². The largest absolute Gasteiger partial charge is 0.334 e. The molecule has 1 amide bonds. The third-order valence-electron chi connectivity index (χ3n) is 2.42. The fourth-order valence-electron chi connectivity index (χ4n) is 1.56. The lowest BCUT2D eigenvalue weighted by Gasteiger charge is -2.35. The number of amides is 1. The Bertz CT molecular complexity index is 258. The van der Waals surface area contributed by atoms with Gasteiger partial charge in [-0.15, -0.1) is 6.58 Å². The van der Waals surface area contributed by atoms with Gasteiger partial charge in [-0.1, -0.05) is 6.08 Å². The SMILES string of the molecule is C=CCN(C(=O)CCNC(C)(C)C)C(C)(C)C. The zero-order chi connectivity index (χ0) is 13.7. The number of carbonyl (C=O) groups is 1. The number of nitrogens with one attached hydrogen (secondary N) is 1. The van der Waals surface area contributed by atoms with Gasteiger partial charge in [0.2, 0.25) is 5.91 Å². The first-order valence-electron chi connectivity index (χ1n) is 6.24. The van der Waals surface area contributed by atoms with Gasteiger partial charge in [0.25, 0.3) is 0 Å². The van der Waals surface area contributed by atoms with Crippen molar-refractivity contribution in [2.24, 2.45) is 0 Å². The molecule has 0 fully saturated rings. The summed E-state index contributed by atoms with van der Waals surface area (Å²) in [6.07, 6.45) is 2.31. The molecule has 0 heterocycles. The van der Waals surface area contributed by atoms with Gasteiger partial charge in [0.05, 0.1) is 0 Å². The molecule has 3 heteroatoms. The van der Waals surface area contributed by atoms with Gasteiger partial charge >= 0.3 is 0 Å². The standard InChI is InChI=1S/C14H28N2O/c1-8-11-16(14(5,6)7)12(17)9-10-15-13(2,3)4/h8,15H,1,9-11H2,2-7H3. The second kappa shape index (κ2) is 6.20. The molecule has 17 heavy (non-hydrogen) atoms. The molecule has 0 aromatic carbocycles. The molecular formula is C14H28N2O. The van der Waals surface area contributed by atoms with Gasteiger partial charge in [0.1, 0.15) is 0 Å². The van der Waals surface area contributed by atoms with Crippen molar-refractivity contribution in [2.45, 2.75) is 59.0 Å². The Morgan fingerprint density at radius 1 is 1.24 bits per heavy atom. The van der Waals surface area contributed by atoms with Gasteiger partial charge < -0.3 is 10.2 Å². The molecule has 0 aromatic rings. The van der Waals surface area contributed by atoms with E-state index in [1.807, 2.05) is 25.7 Å². The lowest BCUT2D eigenvalue weighted by molar-refractivity contribution is -0.135. The highest BCUT2D eigenvalue weighted by Gasteiger charge is 2.24. The molecule has 0 aliphatic heterocycles. The summed E-state index contributed by atoms with van der Waals surface area (Å²) in [7, 11) is 0. The summed E-state index contributed by atoms with van der Waals surface area (Å²) in [6, 6.07) is 0. The average molecular weight is 240 g/mol. The smallest absolute Gasteiger partial charge is 0.224 e. The zero-order valence-corrected chi connectivity index (χ0v) is 12.3. The second-order valence-electron chi connectivity index (χ2n) is 6.39. The van der Waals surface area contributed by atoms with E-state index in [0.717, 1.165) is 0 Å². The Morgan fingerprint density at radius 2 is 1.76 bits per heavy atom. The minimum absolute atomic E-state index is 0.0608. The molecule has 0 aromatic heterocycles. The van der Waals surface area contributed by atoms with Crippen LogP contribution >= 0.6 is 0 Å². The van der Waals surface area contributed by atoms with Crippen LogP contribution in [0.3, 0.4) is 0 Å². The Hall–Kier alpha value is -0.830. The van der Waals surface area contributed by atoms with Crippen LogP contribution < -0.4 is 5.32 Å². The van der Waals surface area contributed by atoms with Gasteiger partial charge in [-0.2, -0.15) is 0 Å². The second-order valence-corrected chi connectivity index (χ2v) is 6.39. The summed E-state index contributed by atoms with van der Waals surface area (Å²) in [4.78, 5) is 14.0. The summed E-state index contributed by atoms with van der Waals surface area (Å²) in [5.74, 6) is 0.175. The molecule has 0 rings (SSSR count). The Kier molecular flexibility index (Phi) is 5.89. The molecule has 0 saturated heterocycles. The molecule has 1 N–H and O–H groups in total. The van der Waals surface area contributed by atoms with Crippen LogP contribution in [0.4, 0.5) is 0 Å². The first-order chi connectivity index (χ1) is 7.58. The molecule has 0 spiro atoms. The Balaban J connectivity index is 4.30. The zero-order valence-electron chi connectivity index (χ0n) is 12.3. The first-order valence-corrected chi connectivity index (χ1v) is 6.24. The van der Waals surface area contributed by atoms with Crippen molar-refractivity contribution in [3.8, 4) is 0 Å². The summed E-state index contributed by atoms with van der Waals surface area (Å²) in [5, 5.41) is 3.33. The number of hydrogen-bond acceptors (Lipinski definition) is 2. The number of nitrogens with zero attached hydrogens (tertiary/aromatic N) is 1. The van der Waals surface area contributed by atoms with Crippen molar-refractivity contribution in [3.63, 3.8) is 0 Å². The normalized spacial score (nSPS) is 12.4. The van der Waals surface area contributed by atoms with E-state index in [9.17, 15) is 4.79 Å². The maximum absolute atomic E-state index is 12.1. The van der Waals surface area contributed by atoms with Crippen molar-refractivity contribution < 1.29 is 4.79 Å². The fourth-order valence-corrected chi connectivity index (χ4v) is 1.56. The number of rotatable bonds is 5. The molecule has 0 saturated carbocycles. The van der Waals surface area contributed by atoms with Crippen LogP contribution in [-0.2, 0) is 4.79 Å². The average Bonchev–Trinajstić information content (AvgIpc) is 2.09. The maximum atomic E-state index is 12.1. The minimum Gasteiger partial charge on any atom is -0.334 e. The van der Waals surface area contributed by atoms with Crippen LogP contribution in [0.5, 0.6) is 0 Å². The summed E-state index contributed by atoms with van der Waals surface area (Å²) >= 11 is 0. The van der Waals surface area contributed by atoms with Crippen LogP contribution in [0, 0.1) is 0 Å². The van der Waals surface area contributed by atoms with E-state index in [1.165, 1.54) is 0 Å². The van der Waals surface area contributed by atoms with Crippen molar-refractivity contribution in [1.82, 2.24) is 10.2 Å². The Labute approximate surface area is 106 Å². The highest BCUT2D eigenvalue weighted by molar-refractivity contribution is 5.77. The van der Waals surface area contributed by atoms with Crippen LogP contribution in [0.25, 0.3) is 0 Å². The van der Waals surface area contributed by atoms with Crippen molar-refractivity contribution >= 4 is 5.91 Å². The molecule has 0 radical (unpaired) electrons. The fraction of sp³-hybridized carbons (Fsp3) is 0.786. The summed E-state index contributed by atoms with van der Waals surface area (Å²) in [5.41, 5.74) is -0.0850. The topological polar surface area (TPSA) is 32.3 Å². The third-order valence-corrected chi connectivity index (χ3v) is 2.42. The Morgan fingerprint density at radius 3 is 2.12 bits per heavy atom. The van der Waals surface area contributed by atoms with Gasteiger partial charge in [0.15, 0.2) is 0 Å². The molecular weight excluding hydrogens is 212 g/mol. The van der Waals surface area contributed by atoms with Crippen LogP contribution in [0.1, 0.15) is 48.0 Å². The predicted molar refractivity (Wildman–Crippen MR) is 74.0 cm³/mol. The van der Waals surface area contributed by atoms with Crippen molar-refractivity contribution in [3.05, 3.63) is 12.7 Å². The molecule has 0 bridgehead atoms. The van der Waals surface area contributed by atoms with Crippen LogP contribution in [0.15, 0.2) is 12.7 Å². The van der Waals surface area contributed by atoms with E-state index >= 15 is 0 Å². The predicted octanol–water partition coefficient (Wildman–Crippen LogP) is 2.58. The van der Waals surface area contributed by atoms with Crippen molar-refractivity contribution in [1.29, 1.82) is 0 Å². The van der Waals surface area contributed by atoms with E-state index in [2.05, 4.69) is 32.7 Å². The van der Waals surface area contributed by atoms with Gasteiger partial charge in [-0.3, -0.25) is 4.79 Å². The maximum Gasteiger partial charge on any atom is 0.224 e. The van der Waals surface area contributed by atoms with Gasteiger partial charge in [-0.05, 0) is 41.5 Å². The van der Waals surface area contributed by atoms with E-state index < -0.39 is 0 Å². The summed E-state index contributed by atoms with van der Waals surface area (Å²) < 4.78 is 0. The molecule has 0 atom stereocenters. The van der Waals surface area contributed by atoms with Gasteiger partial charge in [0, 0.05) is 30.6 Å². The van der Waals surface area contributed by atoms with E-state index in [1.54, 1.807) is 6.08 Å². The van der Waals surface area contributed by atoms with Crippen molar-refractivity contribution in [2.75, 3.05) is 13.1 Å². The third kappa shape index (κ3) is 7.16. The van der Waals surface area contributed by atoms with Crippen LogP contribution in [0.2, 0.25) is 0 Å². The quantitative estimate of drug-likeness (QED) is 0.749. The van der Waals surface area contributed by atoms with Crippen LogP contribution in [-0.4, -0.2) is 35.0 Å². The monoisotopic (exact) mass is 240 g/mol. The highest BCUT2D eigenvalue weighted by atomic mass is 16.2. The molecule has 0 unspecified atom stereocenters. The van der Waals surface area contributed by atoms with Gasteiger partial charge in [-0.25, -0.2) is 0 Å². The lowest BCUT2D eigenvalue weighted by atomic mass is 10.0. The summed E-state index contributed by atoms with van der Waals surface area (Å²) in [6.45, 7) is 17.5. The molecule has 0 aliphatic carbocycles. The lowest BCUT2D eigenvalue weighted by Crippen LogP contribution is -2.47. The molecule has 0 aliphatic rings. The number of carbonyl (C=O) groups excluding carboxylic acids is 1. The molecule has 100 valence electrons. The highest BCUT2D eigenvalue weighted by Crippen LogP contribution is 2.14. The molecule has 3 nitrogen and oxygen atoms in total. The van der Waals surface area contributed by atoms with E-state index in [0.29, 0.717) is 19.5 Å². The van der Waals surface area contributed by atoms with E-state index in [-0.39, 0.29) is 17.0 Å². The number of hydrogen-bond donors (Lipinski definition) is 1.